The van der Waals surface area contributed by atoms with E-state index in [0.29, 0.717) is 23.5 Å². The van der Waals surface area contributed by atoms with Crippen molar-refractivity contribution in [3.63, 3.8) is 0 Å². The molecule has 2 aromatic carbocycles. The number of thiazole rings is 1. The molecule has 0 unspecified atom stereocenters. The van der Waals surface area contributed by atoms with Gasteiger partial charge >= 0.3 is 0 Å². The number of carbonyl (C=O) groups excluding carboxylic acids is 1. The Balaban J connectivity index is 1.95. The first-order valence-electron chi connectivity index (χ1n) is 8.90. The number of rotatable bonds is 7. The summed E-state index contributed by atoms with van der Waals surface area (Å²) in [5.74, 6) is 0.309. The highest BCUT2D eigenvalue weighted by molar-refractivity contribution is 7.16. The quantitative estimate of drug-likeness (QED) is 0.251. The number of nitrogens with zero attached hydrogens (tertiary/aromatic N) is 3. The van der Waals surface area contributed by atoms with Crippen LogP contribution in [0, 0.1) is 10.1 Å². The van der Waals surface area contributed by atoms with Gasteiger partial charge in [0.1, 0.15) is 11.3 Å². The number of hydrogen-bond donors (Lipinski definition) is 0. The maximum atomic E-state index is 12.4. The highest BCUT2D eigenvalue weighted by atomic mass is 32.1. The van der Waals surface area contributed by atoms with E-state index in [1.54, 1.807) is 24.3 Å². The lowest BCUT2D eigenvalue weighted by molar-refractivity contribution is -0.384. The molecule has 8 heteroatoms. The van der Waals surface area contributed by atoms with Crippen LogP contribution in [0.2, 0.25) is 0 Å². The molecule has 0 aliphatic heterocycles. The Morgan fingerprint density at radius 2 is 2.07 bits per heavy atom. The molecular formula is C21H19N3O4S. The van der Waals surface area contributed by atoms with Crippen molar-refractivity contribution in [3.05, 3.63) is 81.7 Å². The van der Waals surface area contributed by atoms with Crippen molar-refractivity contribution in [3.8, 4) is 5.75 Å². The van der Waals surface area contributed by atoms with Gasteiger partial charge in [0, 0.05) is 24.8 Å². The summed E-state index contributed by atoms with van der Waals surface area (Å²) in [6.45, 7) is 6.73. The van der Waals surface area contributed by atoms with E-state index in [1.807, 2.05) is 29.7 Å². The van der Waals surface area contributed by atoms with Gasteiger partial charge in [-0.15, -0.1) is 6.58 Å². The number of fused-ring (bicyclic) bond motifs is 1. The number of hydrogen-bond acceptors (Lipinski definition) is 5. The summed E-state index contributed by atoms with van der Waals surface area (Å²) >= 11 is 1.40. The SMILES string of the molecule is C=CCn1c(=NC(=O)/C=C\c2ccc([N+](=O)[O-])cc2)sc2cccc(OCC)c21. The second-order valence-electron chi connectivity index (χ2n) is 5.95. The van der Waals surface area contributed by atoms with Gasteiger partial charge in [0.25, 0.3) is 11.6 Å². The number of nitro groups is 1. The lowest BCUT2D eigenvalue weighted by Crippen LogP contribution is -2.16. The minimum absolute atomic E-state index is 0.000918. The number of carbonyl (C=O) groups is 1. The molecule has 148 valence electrons. The van der Waals surface area contributed by atoms with Gasteiger partial charge in [-0.2, -0.15) is 4.99 Å². The zero-order chi connectivity index (χ0) is 20.8. The van der Waals surface area contributed by atoms with Crippen LogP contribution in [-0.4, -0.2) is 22.0 Å². The Labute approximate surface area is 171 Å². The Morgan fingerprint density at radius 3 is 2.72 bits per heavy atom. The summed E-state index contributed by atoms with van der Waals surface area (Å²) in [6.07, 6.45) is 4.66. The van der Waals surface area contributed by atoms with Gasteiger partial charge in [0.05, 0.1) is 16.2 Å². The maximum Gasteiger partial charge on any atom is 0.272 e. The van der Waals surface area contributed by atoms with Crippen molar-refractivity contribution in [2.75, 3.05) is 6.61 Å². The van der Waals surface area contributed by atoms with Crippen LogP contribution >= 0.6 is 11.3 Å². The normalized spacial score (nSPS) is 11.8. The molecule has 0 aliphatic rings. The lowest BCUT2D eigenvalue weighted by atomic mass is 10.2. The van der Waals surface area contributed by atoms with E-state index in [-0.39, 0.29) is 5.69 Å². The number of aromatic nitrogens is 1. The molecular weight excluding hydrogens is 390 g/mol. The van der Waals surface area contributed by atoms with Gasteiger partial charge in [-0.25, -0.2) is 0 Å². The third-order valence-corrected chi connectivity index (χ3v) is 5.05. The van der Waals surface area contributed by atoms with Gasteiger partial charge in [-0.3, -0.25) is 14.9 Å². The van der Waals surface area contributed by atoms with E-state index in [4.69, 9.17) is 4.74 Å². The second kappa shape index (κ2) is 9.11. The molecule has 3 rings (SSSR count). The summed E-state index contributed by atoms with van der Waals surface area (Å²) in [6, 6.07) is 11.7. The molecule has 0 fully saturated rings. The van der Waals surface area contributed by atoms with E-state index in [9.17, 15) is 14.9 Å². The molecule has 0 saturated heterocycles. The highest BCUT2D eigenvalue weighted by Gasteiger charge is 2.11. The zero-order valence-corrected chi connectivity index (χ0v) is 16.6. The van der Waals surface area contributed by atoms with Crippen LogP contribution in [-0.2, 0) is 11.3 Å². The Kier molecular flexibility index (Phi) is 6.36. The number of non-ortho nitro benzene ring substituents is 1. The Bertz CT molecular complexity index is 1160. The number of allylic oxidation sites excluding steroid dienone is 1. The average Bonchev–Trinajstić information content (AvgIpc) is 3.05. The molecule has 29 heavy (non-hydrogen) atoms. The fourth-order valence-electron chi connectivity index (χ4n) is 2.76. The van der Waals surface area contributed by atoms with Crippen LogP contribution in [0.25, 0.3) is 16.3 Å². The molecule has 0 bridgehead atoms. The number of benzene rings is 2. The first-order valence-corrected chi connectivity index (χ1v) is 9.72. The molecule has 1 amide bonds. The topological polar surface area (TPSA) is 86.7 Å². The average molecular weight is 409 g/mol. The van der Waals surface area contributed by atoms with Gasteiger partial charge in [-0.1, -0.05) is 23.5 Å². The minimum Gasteiger partial charge on any atom is -0.492 e. The van der Waals surface area contributed by atoms with Crippen molar-refractivity contribution in [1.29, 1.82) is 0 Å². The predicted molar refractivity (Wildman–Crippen MR) is 114 cm³/mol. The third kappa shape index (κ3) is 4.67. The first-order chi connectivity index (χ1) is 14.0. The van der Waals surface area contributed by atoms with Gasteiger partial charge < -0.3 is 9.30 Å². The van der Waals surface area contributed by atoms with Gasteiger partial charge in [0.2, 0.25) is 0 Å². The van der Waals surface area contributed by atoms with Crippen molar-refractivity contribution < 1.29 is 14.5 Å². The minimum atomic E-state index is -0.468. The van der Waals surface area contributed by atoms with E-state index >= 15 is 0 Å². The molecule has 0 spiro atoms. The molecule has 0 saturated carbocycles. The van der Waals surface area contributed by atoms with Crippen LogP contribution < -0.4 is 9.54 Å². The molecule has 0 atom stereocenters. The smallest absolute Gasteiger partial charge is 0.272 e. The van der Waals surface area contributed by atoms with Crippen molar-refractivity contribution in [2.24, 2.45) is 4.99 Å². The number of para-hydroxylation sites is 1. The lowest BCUT2D eigenvalue weighted by Gasteiger charge is -2.07. The van der Waals surface area contributed by atoms with Crippen LogP contribution in [0.5, 0.6) is 5.75 Å². The van der Waals surface area contributed by atoms with E-state index in [1.165, 1.54) is 29.5 Å². The van der Waals surface area contributed by atoms with Crippen molar-refractivity contribution in [1.82, 2.24) is 4.57 Å². The van der Waals surface area contributed by atoms with E-state index in [0.717, 1.165) is 16.0 Å². The highest BCUT2D eigenvalue weighted by Crippen LogP contribution is 2.27. The Hall–Kier alpha value is -3.52. The van der Waals surface area contributed by atoms with Crippen molar-refractivity contribution >= 4 is 39.2 Å². The maximum absolute atomic E-state index is 12.4. The van der Waals surface area contributed by atoms with Crippen molar-refractivity contribution in [2.45, 2.75) is 13.5 Å². The monoisotopic (exact) mass is 409 g/mol. The largest absolute Gasteiger partial charge is 0.492 e. The summed E-state index contributed by atoms with van der Waals surface area (Å²) in [5.41, 5.74) is 1.55. The van der Waals surface area contributed by atoms with Crippen LogP contribution in [0.3, 0.4) is 0 Å². The fraction of sp³-hybridized carbons (Fsp3) is 0.143. The molecule has 0 aliphatic carbocycles. The van der Waals surface area contributed by atoms with E-state index in [2.05, 4.69) is 11.6 Å². The second-order valence-corrected chi connectivity index (χ2v) is 6.96. The van der Waals surface area contributed by atoms with Crippen LogP contribution in [0.1, 0.15) is 12.5 Å². The molecule has 0 N–H and O–H groups in total. The standard InChI is InChI=1S/C21H19N3O4S/c1-3-14-23-20-17(28-4-2)6-5-7-18(20)29-21(23)22-19(25)13-10-15-8-11-16(12-9-15)24(26)27/h3,5-13H,1,4,14H2,2H3/b13-10-,22-21?. The summed E-state index contributed by atoms with van der Waals surface area (Å²) in [5, 5.41) is 10.7. The molecule has 7 nitrogen and oxygen atoms in total. The summed E-state index contributed by atoms with van der Waals surface area (Å²) in [4.78, 5) is 27.4. The number of amides is 1. The molecule has 3 aromatic rings. The van der Waals surface area contributed by atoms with Gasteiger partial charge in [0.15, 0.2) is 4.80 Å². The number of ether oxygens (including phenoxy) is 1. The Morgan fingerprint density at radius 1 is 1.31 bits per heavy atom. The first kappa shape index (κ1) is 20.2. The van der Waals surface area contributed by atoms with E-state index < -0.39 is 10.8 Å². The molecule has 1 heterocycles. The van der Waals surface area contributed by atoms with Crippen LogP contribution in [0.4, 0.5) is 5.69 Å². The number of nitro benzene ring substituents is 1. The van der Waals surface area contributed by atoms with Crippen LogP contribution in [0.15, 0.2) is 66.2 Å². The summed E-state index contributed by atoms with van der Waals surface area (Å²) < 4.78 is 8.58. The summed E-state index contributed by atoms with van der Waals surface area (Å²) in [7, 11) is 0. The fourth-order valence-corrected chi connectivity index (χ4v) is 3.82. The predicted octanol–water partition coefficient (Wildman–Crippen LogP) is 4.34. The third-order valence-electron chi connectivity index (χ3n) is 4.00. The van der Waals surface area contributed by atoms with Gasteiger partial charge in [-0.05, 0) is 42.8 Å². The molecule has 1 aromatic heterocycles. The zero-order valence-electron chi connectivity index (χ0n) is 15.8. The molecule has 0 radical (unpaired) electrons.